The highest BCUT2D eigenvalue weighted by atomic mass is 16.6. The molecular weight excluding hydrogens is 438 g/mol. The second kappa shape index (κ2) is 9.46. The zero-order chi connectivity index (χ0) is 24.4. The fourth-order valence-corrected chi connectivity index (χ4v) is 4.71. The molecule has 0 fully saturated rings. The molecule has 0 bridgehead atoms. The maximum atomic E-state index is 13.3. The Kier molecular flexibility index (Phi) is 6.45. The van der Waals surface area contributed by atoms with Crippen molar-refractivity contribution in [1.82, 2.24) is 0 Å². The minimum Gasteiger partial charge on any atom is -0.497 e. The molecule has 0 radical (unpaired) electrons. The minimum atomic E-state index is -1.08. The fourth-order valence-electron chi connectivity index (χ4n) is 4.71. The number of nitro groups is 1. The molecule has 34 heavy (non-hydrogen) atoms. The van der Waals surface area contributed by atoms with Crippen molar-refractivity contribution >= 4 is 29.0 Å². The zero-order valence-electron chi connectivity index (χ0n) is 18.9. The number of amidine groups is 1. The summed E-state index contributed by atoms with van der Waals surface area (Å²) in [5.41, 5.74) is 2.25. The first-order valence-corrected chi connectivity index (χ1v) is 11.1. The normalized spacial score (nSPS) is 20.1. The summed E-state index contributed by atoms with van der Waals surface area (Å²) in [6.45, 7) is 1.81. The fraction of sp³-hybridized carbons (Fsp3) is 0.320. The van der Waals surface area contributed by atoms with Gasteiger partial charge >= 0.3 is 5.97 Å². The van der Waals surface area contributed by atoms with Gasteiger partial charge < -0.3 is 14.4 Å². The standard InChI is InChI=1S/C25H25N3O6/c1-3-34-25(30)23-21(15-7-9-17(10-8-15)28(31)32)22-19(5-4-6-20(22)29)27(24(23)26)16-11-13-18(33-2)14-12-16/h7-14,21,23,26H,3-6H2,1-2H3. The van der Waals surface area contributed by atoms with E-state index in [2.05, 4.69) is 0 Å². The van der Waals surface area contributed by atoms with Crippen LogP contribution < -0.4 is 9.64 Å². The summed E-state index contributed by atoms with van der Waals surface area (Å²) in [6.07, 6.45) is 1.53. The van der Waals surface area contributed by atoms with Crippen LogP contribution in [0.4, 0.5) is 11.4 Å². The number of nitro benzene ring substituents is 1. The van der Waals surface area contributed by atoms with Crippen molar-refractivity contribution in [3.8, 4) is 5.75 Å². The van der Waals surface area contributed by atoms with E-state index < -0.39 is 22.7 Å². The van der Waals surface area contributed by atoms with Crippen molar-refractivity contribution in [1.29, 1.82) is 5.41 Å². The number of methoxy groups -OCH3 is 1. The van der Waals surface area contributed by atoms with E-state index in [0.717, 1.165) is 0 Å². The van der Waals surface area contributed by atoms with Gasteiger partial charge in [0, 0.05) is 41.4 Å². The Morgan fingerprint density at radius 1 is 1.15 bits per heavy atom. The van der Waals surface area contributed by atoms with Crippen LogP contribution in [0.1, 0.15) is 37.7 Å². The van der Waals surface area contributed by atoms with Gasteiger partial charge in [0.15, 0.2) is 5.78 Å². The molecule has 2 aromatic rings. The molecule has 9 nitrogen and oxygen atoms in total. The number of allylic oxidation sites excluding steroid dienone is 2. The van der Waals surface area contributed by atoms with E-state index in [1.54, 1.807) is 55.3 Å². The minimum absolute atomic E-state index is 0.000389. The number of hydrogen-bond donors (Lipinski definition) is 1. The van der Waals surface area contributed by atoms with Crippen LogP contribution in [0, 0.1) is 21.4 Å². The lowest BCUT2D eigenvalue weighted by Gasteiger charge is -2.43. The van der Waals surface area contributed by atoms with Crippen LogP contribution in [0.2, 0.25) is 0 Å². The van der Waals surface area contributed by atoms with E-state index in [-0.39, 0.29) is 23.9 Å². The molecule has 1 N–H and O–H groups in total. The topological polar surface area (TPSA) is 123 Å². The van der Waals surface area contributed by atoms with Crippen LogP contribution in [-0.4, -0.2) is 36.2 Å². The second-order valence-corrected chi connectivity index (χ2v) is 8.11. The van der Waals surface area contributed by atoms with Crippen molar-refractivity contribution in [2.24, 2.45) is 5.92 Å². The van der Waals surface area contributed by atoms with Crippen LogP contribution in [0.25, 0.3) is 0 Å². The lowest BCUT2D eigenvalue weighted by molar-refractivity contribution is -0.384. The molecule has 176 valence electrons. The lowest BCUT2D eigenvalue weighted by atomic mass is 9.71. The molecule has 4 rings (SSSR count). The molecule has 2 aromatic carbocycles. The summed E-state index contributed by atoms with van der Waals surface area (Å²) in [4.78, 5) is 38.7. The highest BCUT2D eigenvalue weighted by Gasteiger charge is 2.48. The average molecular weight is 463 g/mol. The lowest BCUT2D eigenvalue weighted by Crippen LogP contribution is -2.49. The van der Waals surface area contributed by atoms with Crippen LogP contribution in [0.3, 0.4) is 0 Å². The molecule has 0 spiro atoms. The van der Waals surface area contributed by atoms with E-state index in [1.165, 1.54) is 12.1 Å². The Hall–Kier alpha value is -4.01. The number of anilines is 1. The van der Waals surface area contributed by atoms with E-state index in [4.69, 9.17) is 14.9 Å². The smallest absolute Gasteiger partial charge is 0.317 e. The summed E-state index contributed by atoms with van der Waals surface area (Å²) in [5.74, 6) is -1.90. The first-order chi connectivity index (χ1) is 16.4. The monoisotopic (exact) mass is 463 g/mol. The predicted octanol–water partition coefficient (Wildman–Crippen LogP) is 4.37. The highest BCUT2D eigenvalue weighted by Crippen LogP contribution is 2.47. The number of hydrogen-bond acceptors (Lipinski definition) is 7. The first kappa shape index (κ1) is 23.2. The van der Waals surface area contributed by atoms with Gasteiger partial charge in [-0.05, 0) is 49.6 Å². The molecular formula is C25H25N3O6. The Balaban J connectivity index is 1.92. The van der Waals surface area contributed by atoms with Crippen molar-refractivity contribution in [2.45, 2.75) is 32.1 Å². The molecule has 2 unspecified atom stereocenters. The number of carbonyl (C=O) groups excluding carboxylic acids is 2. The Bertz CT molecular complexity index is 1170. The van der Waals surface area contributed by atoms with E-state index in [1.807, 2.05) is 0 Å². The summed E-state index contributed by atoms with van der Waals surface area (Å²) in [7, 11) is 1.56. The number of rotatable bonds is 6. The number of ketones is 1. The van der Waals surface area contributed by atoms with Crippen molar-refractivity contribution in [3.05, 3.63) is 75.5 Å². The predicted molar refractivity (Wildman–Crippen MR) is 125 cm³/mol. The largest absolute Gasteiger partial charge is 0.497 e. The molecule has 2 atom stereocenters. The van der Waals surface area contributed by atoms with Gasteiger partial charge in [-0.1, -0.05) is 12.1 Å². The van der Waals surface area contributed by atoms with Gasteiger partial charge in [0.2, 0.25) is 0 Å². The van der Waals surface area contributed by atoms with Crippen LogP contribution in [-0.2, 0) is 14.3 Å². The molecule has 0 saturated heterocycles. The van der Waals surface area contributed by atoms with E-state index in [0.29, 0.717) is 47.5 Å². The summed E-state index contributed by atoms with van der Waals surface area (Å²) >= 11 is 0. The third kappa shape index (κ3) is 4.05. The maximum absolute atomic E-state index is 13.3. The van der Waals surface area contributed by atoms with Crippen molar-refractivity contribution in [3.63, 3.8) is 0 Å². The highest BCUT2D eigenvalue weighted by molar-refractivity contribution is 6.15. The van der Waals surface area contributed by atoms with Crippen LogP contribution in [0.15, 0.2) is 59.8 Å². The molecule has 0 amide bonds. The number of nitrogens with zero attached hydrogens (tertiary/aromatic N) is 2. The second-order valence-electron chi connectivity index (χ2n) is 8.11. The Morgan fingerprint density at radius 2 is 1.82 bits per heavy atom. The number of benzene rings is 2. The number of nitrogens with one attached hydrogen (secondary N) is 1. The average Bonchev–Trinajstić information content (AvgIpc) is 2.84. The Morgan fingerprint density at radius 3 is 2.41 bits per heavy atom. The van der Waals surface area contributed by atoms with Gasteiger partial charge in [-0.2, -0.15) is 0 Å². The van der Waals surface area contributed by atoms with Crippen molar-refractivity contribution in [2.75, 3.05) is 18.6 Å². The molecule has 1 aliphatic heterocycles. The van der Waals surface area contributed by atoms with Gasteiger partial charge in [-0.3, -0.25) is 25.1 Å². The SMILES string of the molecule is CCOC(=O)C1C(=N)N(c2ccc(OC)cc2)C2=C(C(=O)CCC2)C1c1ccc([N+](=O)[O-])cc1. The van der Waals surface area contributed by atoms with Gasteiger partial charge in [0.25, 0.3) is 5.69 Å². The summed E-state index contributed by atoms with van der Waals surface area (Å²) in [6, 6.07) is 12.9. The van der Waals surface area contributed by atoms with Gasteiger partial charge in [0.05, 0.1) is 18.6 Å². The third-order valence-corrected chi connectivity index (χ3v) is 6.21. The molecule has 2 aliphatic rings. The molecule has 1 heterocycles. The van der Waals surface area contributed by atoms with Gasteiger partial charge in [-0.25, -0.2) is 0 Å². The maximum Gasteiger partial charge on any atom is 0.317 e. The summed E-state index contributed by atoms with van der Waals surface area (Å²) in [5, 5.41) is 20.2. The number of non-ortho nitro benzene ring substituents is 1. The molecule has 1 aliphatic carbocycles. The quantitative estimate of drug-likeness (QED) is 0.383. The van der Waals surface area contributed by atoms with Crippen molar-refractivity contribution < 1.29 is 24.0 Å². The van der Waals surface area contributed by atoms with Gasteiger partial charge in [-0.15, -0.1) is 0 Å². The van der Waals surface area contributed by atoms with Crippen LogP contribution >= 0.6 is 0 Å². The third-order valence-electron chi connectivity index (χ3n) is 6.21. The molecule has 9 heteroatoms. The Labute approximate surface area is 196 Å². The first-order valence-electron chi connectivity index (χ1n) is 11.1. The zero-order valence-corrected chi connectivity index (χ0v) is 18.9. The molecule has 0 aromatic heterocycles. The number of Topliss-reactive ketones (excluding diaryl/α,β-unsaturated/α-hetero) is 1. The summed E-state index contributed by atoms with van der Waals surface area (Å²) < 4.78 is 10.6. The number of esters is 1. The van der Waals surface area contributed by atoms with E-state index >= 15 is 0 Å². The van der Waals surface area contributed by atoms with Crippen LogP contribution in [0.5, 0.6) is 5.75 Å². The molecule has 0 saturated carbocycles. The number of carbonyl (C=O) groups is 2. The van der Waals surface area contributed by atoms with Gasteiger partial charge in [0.1, 0.15) is 17.5 Å². The number of ether oxygens (including phenoxy) is 2. The van der Waals surface area contributed by atoms with E-state index in [9.17, 15) is 19.7 Å².